The van der Waals surface area contributed by atoms with Gasteiger partial charge in [0.1, 0.15) is 0 Å². The maximum atomic E-state index is 12.2. The topological polar surface area (TPSA) is 105 Å². The van der Waals surface area contributed by atoms with Crippen molar-refractivity contribution in [3.63, 3.8) is 0 Å². The van der Waals surface area contributed by atoms with Crippen LogP contribution in [0.5, 0.6) is 0 Å². The van der Waals surface area contributed by atoms with E-state index in [-0.39, 0.29) is 39.5 Å². The van der Waals surface area contributed by atoms with Gasteiger partial charge in [-0.15, -0.1) is 45.3 Å². The van der Waals surface area contributed by atoms with E-state index >= 15 is 0 Å². The normalized spacial score (nSPS) is 13.0. The number of rotatable bonds is 7. The lowest BCUT2D eigenvalue weighted by molar-refractivity contribution is -0.383. The van der Waals surface area contributed by atoms with Gasteiger partial charge in [-0.1, -0.05) is 362 Å². The van der Waals surface area contributed by atoms with Crippen molar-refractivity contribution in [2.75, 3.05) is 0 Å². The van der Waals surface area contributed by atoms with E-state index in [2.05, 4.69) is 387 Å². The van der Waals surface area contributed by atoms with Crippen LogP contribution < -0.4 is 21.4 Å². The molecule has 25 aromatic rings. The molecule has 0 bridgehead atoms. The molecule has 4 aromatic heterocycles. The zero-order valence-corrected chi connectivity index (χ0v) is 81.1. The van der Waals surface area contributed by atoms with Gasteiger partial charge in [0.25, 0.3) is 11.4 Å². The Labute approximate surface area is 813 Å². The van der Waals surface area contributed by atoms with Crippen LogP contribution in [0.2, 0.25) is 0 Å². The van der Waals surface area contributed by atoms with Crippen molar-refractivity contribution in [3.05, 3.63) is 453 Å². The first-order chi connectivity index (χ1) is 66.0. The zero-order valence-electron chi connectivity index (χ0n) is 73.7. The number of hydrogen-bond acceptors (Lipinski definition) is 10. The van der Waals surface area contributed by atoms with Gasteiger partial charge in [-0.2, -0.15) is 0 Å². The van der Waals surface area contributed by atoms with Crippen LogP contribution >= 0.6 is 85.1 Å². The lowest BCUT2D eigenvalue weighted by Gasteiger charge is -2.32. The molecular formula is C119H82BBr2N2O6PS4. The van der Waals surface area contributed by atoms with Crippen LogP contribution in [0.15, 0.2) is 421 Å². The van der Waals surface area contributed by atoms with Gasteiger partial charge in [0.2, 0.25) is 0 Å². The monoisotopic (exact) mass is 1960 g/mol. The Bertz CT molecular complexity index is 8910. The molecule has 135 heavy (non-hydrogen) atoms. The molecule has 1 fully saturated rings. The first kappa shape index (κ1) is 86.9. The second-order valence-electron chi connectivity index (χ2n) is 34.7. The fraction of sp³-hybridized carbons (Fsp3) is 0.0588. The summed E-state index contributed by atoms with van der Waals surface area (Å²) in [6.07, 6.45) is 1.03. The molecule has 21 aromatic carbocycles. The molecule has 8 nitrogen and oxygen atoms in total. The Morgan fingerprint density at radius 1 is 0.289 bits per heavy atom. The van der Waals surface area contributed by atoms with Gasteiger partial charge in [0, 0.05) is 91.6 Å². The van der Waals surface area contributed by atoms with Gasteiger partial charge in [0.05, 0.1) is 41.9 Å². The Morgan fingerprint density at radius 2 is 0.630 bits per heavy atom. The van der Waals surface area contributed by atoms with E-state index in [1.165, 1.54) is 162 Å². The van der Waals surface area contributed by atoms with Crippen LogP contribution in [0, 0.1) is 20.2 Å². The van der Waals surface area contributed by atoms with Crippen molar-refractivity contribution in [1.29, 1.82) is 0 Å². The molecule has 0 N–H and O–H groups in total. The van der Waals surface area contributed by atoms with Crippen LogP contribution in [-0.4, -0.2) is 28.2 Å². The second-order valence-corrected chi connectivity index (χ2v) is 43.0. The second kappa shape index (κ2) is 36.4. The molecule has 2 aliphatic rings. The standard InChI is InChI=1S/C27H16S.C26H15NO2S.C22H21BO2S.C18H15P.C16H9BrS.C10H6BrNO2/c1-2-8-17-16(7-1)13-14-20-22(17)15-23-25(20)18-9-3-4-10-19(18)26-21-11-5-6-12-24(21)28-27(23)26;28-27(29)26-17-8-2-1-7-16(17)13-14-20(26)22-15-24-25(19-10-4-3-9-18(19)22)21-11-5-6-12-23(21)30-24;1-21(2)22(3,4)25-23(24-21)17-13-19-20(15-10-6-5-9-14(15)17)16-11-7-8-12-18(16)26-19;1-4-10-16(11-5-1)19(17-12-6-2-7-13-17)18-14-8-3-9-15-18;17-13-9-15-16(11-6-2-1-5-10(11)13)12-7-3-4-8-14(12)18-15;11-9-6-5-7-3-1-2-4-8(7)10(9)12(13)14/h1-14H,15H2;1-15H;5-13H,1-4H3;1-15H;1-9H;1-6H. The molecule has 1 aliphatic carbocycles. The third kappa shape index (κ3) is 16.0. The summed E-state index contributed by atoms with van der Waals surface area (Å²) in [6.45, 7) is 8.42. The molecule has 0 amide bonds. The summed E-state index contributed by atoms with van der Waals surface area (Å²) in [7, 11) is -0.794. The molecule has 1 aliphatic heterocycles. The fourth-order valence-electron chi connectivity index (χ4n) is 19.5. The average molecular weight is 1970 g/mol. The number of halogens is 2. The lowest BCUT2D eigenvalue weighted by Crippen LogP contribution is -2.41. The fourth-order valence-corrected chi connectivity index (χ4v) is 27.8. The highest BCUT2D eigenvalue weighted by molar-refractivity contribution is 9.11. The smallest absolute Gasteiger partial charge is 0.399 e. The van der Waals surface area contributed by atoms with Gasteiger partial charge in [0.15, 0.2) is 0 Å². The number of nitro groups is 2. The highest BCUT2D eigenvalue weighted by atomic mass is 79.9. The SMILES string of the molecule is Brc1cc2sc3ccccc3c2c2ccccc12.CC1(C)OB(c2cc3sc4ccccc4c3c3ccccc23)OC1(C)C.O=[N+]([O-])c1c(-c2cc3sc4ccccc4c3c3ccccc23)ccc2ccccc12.O=[N+]([O-])c1c(Br)ccc2ccccc12.c1ccc(P(c2ccccc2)c2ccccc2)cc1.c1ccc2c3c(ccc2c1)-c1c(c2sc4ccccc4c2c2ccccc12)C3. The van der Waals surface area contributed by atoms with E-state index in [1.54, 1.807) is 29.5 Å². The van der Waals surface area contributed by atoms with Crippen molar-refractivity contribution in [2.24, 2.45) is 0 Å². The van der Waals surface area contributed by atoms with Crippen LogP contribution in [0.3, 0.4) is 0 Å². The van der Waals surface area contributed by atoms with Crippen LogP contribution in [0.1, 0.15) is 38.8 Å². The van der Waals surface area contributed by atoms with Crippen molar-refractivity contribution in [3.8, 4) is 22.3 Å². The Balaban J connectivity index is 0.0000000957. The first-order valence-electron chi connectivity index (χ1n) is 44.8. The summed E-state index contributed by atoms with van der Waals surface area (Å²) in [5.41, 5.74) is 8.18. The summed E-state index contributed by atoms with van der Waals surface area (Å²) in [6, 6.07) is 143. The summed E-state index contributed by atoms with van der Waals surface area (Å²) >= 11 is 14.2. The van der Waals surface area contributed by atoms with Gasteiger partial charge in [-0.3, -0.25) is 20.2 Å². The van der Waals surface area contributed by atoms with E-state index in [9.17, 15) is 20.2 Å². The third-order valence-corrected chi connectivity index (χ3v) is 34.7. The predicted octanol–water partition coefficient (Wildman–Crippen LogP) is 34.3. The van der Waals surface area contributed by atoms with Crippen LogP contribution in [-0.2, 0) is 15.7 Å². The van der Waals surface area contributed by atoms with Crippen LogP contribution in [0.4, 0.5) is 11.4 Å². The number of thiophene rings is 4. The number of hydrogen-bond donors (Lipinski definition) is 0. The quantitative estimate of drug-likeness (QED) is 0.0681. The summed E-state index contributed by atoms with van der Waals surface area (Å²) in [5, 5.41) is 53.7. The number of nitrogens with zero attached hydrogens (tertiary/aromatic N) is 2. The minimum absolute atomic E-state index is 0.128. The minimum Gasteiger partial charge on any atom is -0.399 e. The molecule has 16 heteroatoms. The minimum atomic E-state index is -0.446. The van der Waals surface area contributed by atoms with E-state index in [0.29, 0.717) is 20.8 Å². The first-order valence-corrected chi connectivity index (χ1v) is 51.0. The molecule has 0 spiro atoms. The Morgan fingerprint density at radius 3 is 1.12 bits per heavy atom. The number of fused-ring (bicyclic) bond motifs is 29. The highest BCUT2D eigenvalue weighted by Gasteiger charge is 2.52. The average Bonchev–Trinajstić information content (AvgIpc) is 1.55. The predicted molar refractivity (Wildman–Crippen MR) is 590 cm³/mol. The summed E-state index contributed by atoms with van der Waals surface area (Å²) < 4.78 is 25.0. The lowest BCUT2D eigenvalue weighted by atomic mass is 9.75. The summed E-state index contributed by atoms with van der Waals surface area (Å²) in [5.74, 6) is 0. The van der Waals surface area contributed by atoms with E-state index < -0.39 is 7.92 Å². The van der Waals surface area contributed by atoms with Crippen molar-refractivity contribution in [1.82, 2.24) is 0 Å². The maximum absolute atomic E-state index is 12.2. The van der Waals surface area contributed by atoms with Crippen molar-refractivity contribution < 1.29 is 19.2 Å². The van der Waals surface area contributed by atoms with E-state index in [4.69, 9.17) is 9.31 Å². The molecule has 5 heterocycles. The van der Waals surface area contributed by atoms with E-state index in [0.717, 1.165) is 43.7 Å². The number of benzene rings is 21. The highest BCUT2D eigenvalue weighted by Crippen LogP contribution is 2.54. The maximum Gasteiger partial charge on any atom is 0.495 e. The Kier molecular flexibility index (Phi) is 23.4. The summed E-state index contributed by atoms with van der Waals surface area (Å²) in [4.78, 5) is 22.4. The third-order valence-electron chi connectivity index (χ3n) is 26.4. The molecule has 650 valence electrons. The molecule has 1 saturated heterocycles. The van der Waals surface area contributed by atoms with Gasteiger partial charge in [-0.05, 0) is 232 Å². The van der Waals surface area contributed by atoms with Crippen molar-refractivity contribution in [2.45, 2.75) is 45.3 Å². The number of nitro benzene ring substituents is 2. The molecule has 27 rings (SSSR count). The van der Waals surface area contributed by atoms with E-state index in [1.807, 2.05) is 101 Å². The van der Waals surface area contributed by atoms with Crippen molar-refractivity contribution >= 4 is 281 Å². The molecule has 0 atom stereocenters. The largest absolute Gasteiger partial charge is 0.495 e. The van der Waals surface area contributed by atoms with Gasteiger partial charge in [-0.25, -0.2) is 0 Å². The molecular weight excluding hydrogens is 1880 g/mol. The van der Waals surface area contributed by atoms with Crippen LogP contribution in [0.25, 0.3) is 178 Å². The molecule has 0 saturated carbocycles. The van der Waals surface area contributed by atoms with Gasteiger partial charge < -0.3 is 9.31 Å². The Hall–Kier alpha value is -13.5. The van der Waals surface area contributed by atoms with Gasteiger partial charge >= 0.3 is 7.12 Å². The zero-order chi connectivity index (χ0) is 91.7. The molecule has 0 unspecified atom stereocenters. The molecule has 0 radical (unpaired) electrons.